The number of nitrogens with two attached hydrogens (primary N) is 1. The van der Waals surface area contributed by atoms with Crippen molar-refractivity contribution >= 4 is 5.91 Å². The number of ether oxygens (including phenoxy) is 1. The summed E-state index contributed by atoms with van der Waals surface area (Å²) in [5.41, 5.74) is 5.71. The van der Waals surface area contributed by atoms with Crippen LogP contribution in [0, 0.1) is 5.82 Å². The highest BCUT2D eigenvalue weighted by Gasteiger charge is 2.30. The van der Waals surface area contributed by atoms with Crippen molar-refractivity contribution in [2.75, 3.05) is 6.54 Å². The highest BCUT2D eigenvalue weighted by atomic mass is 19.1. The van der Waals surface area contributed by atoms with Crippen molar-refractivity contribution < 1.29 is 13.9 Å². The Hall–Kier alpha value is -2.40. The summed E-state index contributed by atoms with van der Waals surface area (Å²) in [7, 11) is 0. The normalized spacial score (nSPS) is 14.6. The van der Waals surface area contributed by atoms with Crippen molar-refractivity contribution in [3.63, 3.8) is 0 Å². The van der Waals surface area contributed by atoms with Crippen molar-refractivity contribution in [2.45, 2.75) is 25.5 Å². The number of halogens is 1. The van der Waals surface area contributed by atoms with Crippen LogP contribution >= 0.6 is 0 Å². The van der Waals surface area contributed by atoms with Gasteiger partial charge in [-0.05, 0) is 31.5 Å². The predicted molar refractivity (Wildman–Crippen MR) is 87.5 cm³/mol. The number of carbonyl (C=O) groups excluding carboxylic acids is 1. The lowest BCUT2D eigenvalue weighted by Crippen LogP contribution is -2.50. The minimum absolute atomic E-state index is 0.160. The van der Waals surface area contributed by atoms with Crippen molar-refractivity contribution in [1.29, 1.82) is 0 Å². The third kappa shape index (κ3) is 4.29. The van der Waals surface area contributed by atoms with E-state index in [1.165, 1.54) is 6.07 Å². The van der Waals surface area contributed by atoms with Gasteiger partial charge < -0.3 is 15.8 Å². The first-order valence-electron chi connectivity index (χ1n) is 7.45. The van der Waals surface area contributed by atoms with Crippen LogP contribution in [0.3, 0.4) is 0 Å². The molecule has 0 bridgehead atoms. The molecule has 122 valence electrons. The average Bonchev–Trinajstić information content (AvgIpc) is 2.55. The van der Waals surface area contributed by atoms with Crippen LogP contribution in [0.2, 0.25) is 0 Å². The lowest BCUT2D eigenvalue weighted by molar-refractivity contribution is -0.126. The van der Waals surface area contributed by atoms with Crippen LogP contribution < -0.4 is 15.8 Å². The fraction of sp³-hybridized carbons (Fsp3) is 0.278. The SMILES string of the molecule is CC(CNC(=O)C(C)(N)c1ccccc1)Oc1ccccc1F. The van der Waals surface area contributed by atoms with E-state index in [1.54, 1.807) is 44.2 Å². The molecule has 0 fully saturated rings. The van der Waals surface area contributed by atoms with Gasteiger partial charge in [-0.3, -0.25) is 4.79 Å². The molecule has 2 rings (SSSR count). The number of benzene rings is 2. The standard InChI is InChI=1S/C18H21FN2O2/c1-13(23-16-11-7-6-10-15(16)19)12-21-17(22)18(2,20)14-8-4-3-5-9-14/h3-11,13H,12,20H2,1-2H3,(H,21,22). The molecule has 0 aromatic heterocycles. The zero-order chi connectivity index (χ0) is 16.9. The van der Waals surface area contributed by atoms with E-state index in [0.29, 0.717) is 0 Å². The molecule has 0 aliphatic heterocycles. The highest BCUT2D eigenvalue weighted by molar-refractivity contribution is 5.86. The first-order chi connectivity index (χ1) is 10.9. The van der Waals surface area contributed by atoms with Crippen LogP contribution in [-0.4, -0.2) is 18.6 Å². The molecule has 2 aromatic carbocycles. The molecule has 2 unspecified atom stereocenters. The van der Waals surface area contributed by atoms with Crippen molar-refractivity contribution in [3.8, 4) is 5.75 Å². The van der Waals surface area contributed by atoms with Gasteiger partial charge in [0.25, 0.3) is 0 Å². The molecule has 4 nitrogen and oxygen atoms in total. The summed E-state index contributed by atoms with van der Waals surface area (Å²) >= 11 is 0. The fourth-order valence-electron chi connectivity index (χ4n) is 2.13. The lowest BCUT2D eigenvalue weighted by atomic mass is 9.92. The van der Waals surface area contributed by atoms with Crippen LogP contribution in [0.4, 0.5) is 4.39 Å². The number of carbonyl (C=O) groups is 1. The second-order valence-electron chi connectivity index (χ2n) is 5.64. The Kier molecular flexibility index (Phi) is 5.34. The van der Waals surface area contributed by atoms with E-state index in [1.807, 2.05) is 18.2 Å². The van der Waals surface area contributed by atoms with E-state index in [2.05, 4.69) is 5.32 Å². The van der Waals surface area contributed by atoms with Gasteiger partial charge in [0.1, 0.15) is 11.6 Å². The van der Waals surface area contributed by atoms with Crippen molar-refractivity contribution in [3.05, 3.63) is 66.0 Å². The third-order valence-electron chi connectivity index (χ3n) is 3.56. The van der Waals surface area contributed by atoms with E-state index in [9.17, 15) is 9.18 Å². The van der Waals surface area contributed by atoms with Gasteiger partial charge in [-0.15, -0.1) is 0 Å². The summed E-state index contributed by atoms with van der Waals surface area (Å²) in [5.74, 6) is -0.584. The molecule has 2 aromatic rings. The molecule has 0 saturated heterocycles. The second-order valence-corrected chi connectivity index (χ2v) is 5.64. The van der Waals surface area contributed by atoms with Gasteiger partial charge in [-0.2, -0.15) is 0 Å². The number of rotatable bonds is 6. The van der Waals surface area contributed by atoms with E-state index in [0.717, 1.165) is 5.56 Å². The quantitative estimate of drug-likeness (QED) is 0.861. The molecule has 0 spiro atoms. The number of para-hydroxylation sites is 1. The Balaban J connectivity index is 1.92. The molecule has 23 heavy (non-hydrogen) atoms. The zero-order valence-corrected chi connectivity index (χ0v) is 13.3. The maximum atomic E-state index is 13.5. The summed E-state index contributed by atoms with van der Waals surface area (Å²) in [4.78, 5) is 12.3. The number of nitrogens with one attached hydrogen (secondary N) is 1. The van der Waals surface area contributed by atoms with Gasteiger partial charge in [0, 0.05) is 0 Å². The van der Waals surface area contributed by atoms with Crippen molar-refractivity contribution in [1.82, 2.24) is 5.32 Å². The molecular formula is C18H21FN2O2. The maximum Gasteiger partial charge on any atom is 0.244 e. The Bertz CT molecular complexity index is 659. The average molecular weight is 316 g/mol. The molecule has 0 aliphatic rings. The van der Waals surface area contributed by atoms with Crippen molar-refractivity contribution in [2.24, 2.45) is 5.73 Å². The summed E-state index contributed by atoms with van der Waals surface area (Å²) in [5, 5.41) is 2.75. The summed E-state index contributed by atoms with van der Waals surface area (Å²) < 4.78 is 19.0. The van der Waals surface area contributed by atoms with E-state index >= 15 is 0 Å². The first-order valence-corrected chi connectivity index (χ1v) is 7.45. The summed E-state index contributed by atoms with van der Waals surface area (Å²) in [6.45, 7) is 3.63. The number of amides is 1. The minimum atomic E-state index is -1.14. The van der Waals surface area contributed by atoms with Crippen LogP contribution in [0.15, 0.2) is 54.6 Å². The monoisotopic (exact) mass is 316 g/mol. The van der Waals surface area contributed by atoms with Gasteiger partial charge >= 0.3 is 0 Å². The lowest BCUT2D eigenvalue weighted by Gasteiger charge is -2.25. The highest BCUT2D eigenvalue weighted by Crippen LogP contribution is 2.18. The van der Waals surface area contributed by atoms with E-state index < -0.39 is 11.4 Å². The molecule has 5 heteroatoms. The zero-order valence-electron chi connectivity index (χ0n) is 13.3. The molecule has 3 N–H and O–H groups in total. The molecule has 0 aliphatic carbocycles. The Labute approximate surface area is 135 Å². The first kappa shape index (κ1) is 17.0. The molecule has 0 heterocycles. The molecule has 0 radical (unpaired) electrons. The Morgan fingerprint density at radius 3 is 2.48 bits per heavy atom. The second kappa shape index (κ2) is 7.24. The van der Waals surface area contributed by atoms with Gasteiger partial charge in [-0.25, -0.2) is 4.39 Å². The molecular weight excluding hydrogens is 295 g/mol. The van der Waals surface area contributed by atoms with Gasteiger partial charge in [0.05, 0.1) is 6.54 Å². The summed E-state index contributed by atoms with van der Waals surface area (Å²) in [6, 6.07) is 15.3. The maximum absolute atomic E-state index is 13.5. The number of hydrogen-bond acceptors (Lipinski definition) is 3. The predicted octanol–water partition coefficient (Wildman–Crippen LogP) is 2.58. The Morgan fingerprint density at radius 2 is 1.83 bits per heavy atom. The van der Waals surface area contributed by atoms with Crippen LogP contribution in [-0.2, 0) is 10.3 Å². The Morgan fingerprint density at radius 1 is 1.22 bits per heavy atom. The van der Waals surface area contributed by atoms with Gasteiger partial charge in [0.2, 0.25) is 5.91 Å². The van der Waals surface area contributed by atoms with Crippen LogP contribution in [0.5, 0.6) is 5.75 Å². The molecule has 0 saturated carbocycles. The smallest absolute Gasteiger partial charge is 0.244 e. The largest absolute Gasteiger partial charge is 0.486 e. The minimum Gasteiger partial charge on any atom is -0.486 e. The van der Waals surface area contributed by atoms with Gasteiger partial charge in [-0.1, -0.05) is 42.5 Å². The molecule has 2 atom stereocenters. The van der Waals surface area contributed by atoms with E-state index in [-0.39, 0.29) is 24.3 Å². The van der Waals surface area contributed by atoms with Crippen LogP contribution in [0.25, 0.3) is 0 Å². The van der Waals surface area contributed by atoms with E-state index in [4.69, 9.17) is 10.5 Å². The summed E-state index contributed by atoms with van der Waals surface area (Å²) in [6.07, 6.45) is -0.387. The third-order valence-corrected chi connectivity index (χ3v) is 3.56. The fourth-order valence-corrected chi connectivity index (χ4v) is 2.13. The topological polar surface area (TPSA) is 64.4 Å². The van der Waals surface area contributed by atoms with Gasteiger partial charge in [0.15, 0.2) is 11.6 Å². The number of hydrogen-bond donors (Lipinski definition) is 2. The molecule has 1 amide bonds. The van der Waals surface area contributed by atoms with Crippen LogP contribution in [0.1, 0.15) is 19.4 Å².